The number of aryl methyl sites for hydroxylation is 2. The molecular formula is C19H24F2N4O. The van der Waals surface area contributed by atoms with Gasteiger partial charge in [-0.25, -0.2) is 13.8 Å². The van der Waals surface area contributed by atoms with Gasteiger partial charge >= 0.3 is 0 Å². The van der Waals surface area contributed by atoms with Crippen LogP contribution in [-0.4, -0.2) is 38.7 Å². The number of likely N-dealkylation sites (tertiary alicyclic amines) is 1. The van der Waals surface area contributed by atoms with Gasteiger partial charge in [-0.15, -0.1) is 0 Å². The van der Waals surface area contributed by atoms with Gasteiger partial charge in [0, 0.05) is 26.1 Å². The molecule has 1 aromatic carbocycles. The third kappa shape index (κ3) is 5.09. The predicted molar refractivity (Wildman–Crippen MR) is 93.2 cm³/mol. The van der Waals surface area contributed by atoms with Crippen LogP contribution < -0.4 is 0 Å². The highest BCUT2D eigenvalue weighted by Crippen LogP contribution is 2.23. The van der Waals surface area contributed by atoms with E-state index in [0.717, 1.165) is 44.3 Å². The van der Waals surface area contributed by atoms with Crippen LogP contribution >= 0.6 is 0 Å². The van der Waals surface area contributed by atoms with Crippen molar-refractivity contribution in [1.82, 2.24) is 19.7 Å². The van der Waals surface area contributed by atoms with Crippen LogP contribution in [0.3, 0.4) is 0 Å². The van der Waals surface area contributed by atoms with Crippen molar-refractivity contribution in [1.29, 1.82) is 0 Å². The molecule has 140 valence electrons. The minimum atomic E-state index is -0.811. The van der Waals surface area contributed by atoms with Crippen LogP contribution in [0.4, 0.5) is 8.78 Å². The molecule has 3 rings (SSSR count). The molecule has 1 aliphatic heterocycles. The Morgan fingerprint density at radius 1 is 1.27 bits per heavy atom. The van der Waals surface area contributed by atoms with Crippen LogP contribution in [0.2, 0.25) is 0 Å². The summed E-state index contributed by atoms with van der Waals surface area (Å²) >= 11 is 0. The molecule has 1 unspecified atom stereocenters. The van der Waals surface area contributed by atoms with E-state index in [1.165, 1.54) is 18.5 Å². The first kappa shape index (κ1) is 18.5. The first-order valence-corrected chi connectivity index (χ1v) is 9.16. The highest BCUT2D eigenvalue weighted by atomic mass is 19.2. The summed E-state index contributed by atoms with van der Waals surface area (Å²) in [5, 5.41) is 4.03. The molecule has 1 atom stereocenters. The summed E-state index contributed by atoms with van der Waals surface area (Å²) in [6.45, 7) is 2.26. The molecule has 26 heavy (non-hydrogen) atoms. The molecule has 0 bridgehead atoms. The second-order valence-electron chi connectivity index (χ2n) is 6.90. The maximum atomic E-state index is 13.3. The minimum Gasteiger partial charge on any atom is -0.342 e. The topological polar surface area (TPSA) is 51.0 Å². The van der Waals surface area contributed by atoms with Crippen molar-refractivity contribution in [3.63, 3.8) is 0 Å². The Hall–Kier alpha value is -2.31. The Bertz CT molecular complexity index is 720. The first-order valence-electron chi connectivity index (χ1n) is 9.16. The molecule has 1 aromatic heterocycles. The molecule has 2 aromatic rings. The number of hydrogen-bond donors (Lipinski definition) is 0. The molecule has 1 saturated heterocycles. The first-order chi connectivity index (χ1) is 12.6. The molecule has 5 nitrogen and oxygen atoms in total. The summed E-state index contributed by atoms with van der Waals surface area (Å²) in [5.41, 5.74) is 0.806. The smallest absolute Gasteiger partial charge is 0.222 e. The second kappa shape index (κ2) is 8.87. The average Bonchev–Trinajstić information content (AvgIpc) is 3.16. The van der Waals surface area contributed by atoms with Gasteiger partial charge in [0.1, 0.15) is 12.7 Å². The van der Waals surface area contributed by atoms with Gasteiger partial charge in [-0.1, -0.05) is 6.07 Å². The number of hydrogen-bond acceptors (Lipinski definition) is 3. The van der Waals surface area contributed by atoms with Crippen molar-refractivity contribution in [2.45, 2.75) is 45.1 Å². The third-order valence-electron chi connectivity index (χ3n) is 4.94. The van der Waals surface area contributed by atoms with E-state index in [-0.39, 0.29) is 5.91 Å². The fraction of sp³-hybridized carbons (Fsp3) is 0.526. The van der Waals surface area contributed by atoms with Crippen LogP contribution in [-0.2, 0) is 17.8 Å². The Kier molecular flexibility index (Phi) is 6.30. The predicted octanol–water partition coefficient (Wildman–Crippen LogP) is 3.21. The van der Waals surface area contributed by atoms with Crippen LogP contribution in [0.5, 0.6) is 0 Å². The summed E-state index contributed by atoms with van der Waals surface area (Å²) in [4.78, 5) is 18.3. The standard InChI is InChI=1S/C19H24F2N4O/c20-17-8-7-15(11-18(17)21)5-6-16-3-1-9-24(12-16)19(26)4-2-10-25-14-22-13-23-25/h7-8,11,13-14,16H,1-6,9-10,12H2. The van der Waals surface area contributed by atoms with E-state index >= 15 is 0 Å². The highest BCUT2D eigenvalue weighted by Gasteiger charge is 2.23. The number of amides is 1. The molecule has 0 spiro atoms. The molecule has 0 aliphatic carbocycles. The van der Waals surface area contributed by atoms with Gasteiger partial charge in [0.15, 0.2) is 11.6 Å². The second-order valence-corrected chi connectivity index (χ2v) is 6.90. The number of carbonyl (C=O) groups is 1. The van der Waals surface area contributed by atoms with Crippen LogP contribution in [0.1, 0.15) is 37.7 Å². The molecule has 0 N–H and O–H groups in total. The van der Waals surface area contributed by atoms with Crippen molar-refractivity contribution in [2.24, 2.45) is 5.92 Å². The van der Waals surface area contributed by atoms with Crippen molar-refractivity contribution >= 4 is 5.91 Å². The summed E-state index contributed by atoms with van der Waals surface area (Å²) in [6.07, 6.45) is 8.06. The maximum Gasteiger partial charge on any atom is 0.222 e. The lowest BCUT2D eigenvalue weighted by atomic mass is 9.91. The summed E-state index contributed by atoms with van der Waals surface area (Å²) < 4.78 is 28.0. The monoisotopic (exact) mass is 362 g/mol. The van der Waals surface area contributed by atoms with Crippen molar-refractivity contribution in [3.8, 4) is 0 Å². The molecule has 1 fully saturated rings. The Morgan fingerprint density at radius 3 is 2.92 bits per heavy atom. The van der Waals surface area contributed by atoms with Crippen LogP contribution in [0, 0.1) is 17.6 Å². The van der Waals surface area contributed by atoms with E-state index in [1.807, 2.05) is 4.90 Å². The molecule has 7 heteroatoms. The quantitative estimate of drug-likeness (QED) is 0.760. The Labute approximate surface area is 152 Å². The van der Waals surface area contributed by atoms with Crippen molar-refractivity contribution in [3.05, 3.63) is 48.1 Å². The van der Waals surface area contributed by atoms with E-state index in [1.54, 1.807) is 17.1 Å². The Balaban J connectivity index is 1.42. The van der Waals surface area contributed by atoms with Gasteiger partial charge in [-0.05, 0) is 55.7 Å². The summed E-state index contributed by atoms with van der Waals surface area (Å²) in [5.74, 6) is -1.01. The number of aromatic nitrogens is 3. The summed E-state index contributed by atoms with van der Waals surface area (Å²) in [6, 6.07) is 4.08. The number of halogens is 2. The molecule has 0 saturated carbocycles. The third-order valence-corrected chi connectivity index (χ3v) is 4.94. The average molecular weight is 362 g/mol. The van der Waals surface area contributed by atoms with Crippen LogP contribution in [0.15, 0.2) is 30.9 Å². The number of nitrogens with zero attached hydrogens (tertiary/aromatic N) is 4. The van der Waals surface area contributed by atoms with Gasteiger partial charge in [0.05, 0.1) is 0 Å². The SMILES string of the molecule is O=C(CCCn1cncn1)N1CCCC(CCc2ccc(F)c(F)c2)C1. The van der Waals surface area contributed by atoms with E-state index in [0.29, 0.717) is 25.3 Å². The minimum absolute atomic E-state index is 0.183. The van der Waals surface area contributed by atoms with E-state index in [4.69, 9.17) is 0 Å². The zero-order valence-corrected chi connectivity index (χ0v) is 14.8. The van der Waals surface area contributed by atoms with Crippen molar-refractivity contribution in [2.75, 3.05) is 13.1 Å². The maximum absolute atomic E-state index is 13.3. The molecule has 0 radical (unpaired) electrons. The zero-order valence-electron chi connectivity index (χ0n) is 14.8. The largest absolute Gasteiger partial charge is 0.342 e. The fourth-order valence-electron chi connectivity index (χ4n) is 3.49. The fourth-order valence-corrected chi connectivity index (χ4v) is 3.49. The normalized spacial score (nSPS) is 17.5. The van der Waals surface area contributed by atoms with E-state index < -0.39 is 11.6 Å². The van der Waals surface area contributed by atoms with Gasteiger partial charge in [-0.3, -0.25) is 9.48 Å². The van der Waals surface area contributed by atoms with Gasteiger partial charge in [0.25, 0.3) is 0 Å². The van der Waals surface area contributed by atoms with Gasteiger partial charge < -0.3 is 4.90 Å². The number of piperidine rings is 1. The summed E-state index contributed by atoms with van der Waals surface area (Å²) in [7, 11) is 0. The lowest BCUT2D eigenvalue weighted by Gasteiger charge is -2.33. The lowest BCUT2D eigenvalue weighted by Crippen LogP contribution is -2.40. The molecular weight excluding hydrogens is 338 g/mol. The van der Waals surface area contributed by atoms with E-state index in [2.05, 4.69) is 10.1 Å². The molecule has 1 aliphatic rings. The van der Waals surface area contributed by atoms with Crippen molar-refractivity contribution < 1.29 is 13.6 Å². The van der Waals surface area contributed by atoms with E-state index in [9.17, 15) is 13.6 Å². The zero-order chi connectivity index (χ0) is 18.4. The highest BCUT2D eigenvalue weighted by molar-refractivity contribution is 5.76. The Morgan fingerprint density at radius 2 is 2.15 bits per heavy atom. The van der Waals surface area contributed by atoms with Gasteiger partial charge in [-0.2, -0.15) is 5.10 Å². The molecule has 2 heterocycles. The van der Waals surface area contributed by atoms with Crippen LogP contribution in [0.25, 0.3) is 0 Å². The number of carbonyl (C=O) groups excluding carboxylic acids is 1. The van der Waals surface area contributed by atoms with Gasteiger partial charge in [0.2, 0.25) is 5.91 Å². The number of benzene rings is 1. The number of rotatable bonds is 7. The molecule has 1 amide bonds. The lowest BCUT2D eigenvalue weighted by molar-refractivity contribution is -0.133.